The summed E-state index contributed by atoms with van der Waals surface area (Å²) in [6, 6.07) is 8.28. The van der Waals surface area contributed by atoms with Crippen molar-refractivity contribution in [3.63, 3.8) is 0 Å². The number of amides is 1. The van der Waals surface area contributed by atoms with Crippen molar-refractivity contribution >= 4 is 17.6 Å². The first-order valence-corrected chi connectivity index (χ1v) is 6.18. The fraction of sp³-hybridized carbons (Fsp3) is 0.214. The molecular weight excluding hydrogens is 258 g/mol. The van der Waals surface area contributed by atoms with Crippen LogP contribution >= 0.6 is 0 Å². The first kappa shape index (κ1) is 13.8. The molecule has 1 amide bonds. The molecule has 0 aliphatic heterocycles. The van der Waals surface area contributed by atoms with Gasteiger partial charge in [0.25, 0.3) is 5.91 Å². The molecular formula is C14H15N3O3. The smallest absolute Gasteiger partial charge is 0.339 e. The molecule has 20 heavy (non-hydrogen) atoms. The number of nitrogens with one attached hydrogen (secondary N) is 1. The van der Waals surface area contributed by atoms with E-state index in [2.05, 4.69) is 15.2 Å². The monoisotopic (exact) mass is 273 g/mol. The van der Waals surface area contributed by atoms with Crippen LogP contribution in [0.2, 0.25) is 0 Å². The number of esters is 1. The maximum atomic E-state index is 12.1. The number of carbonyl (C=O) groups excluding carboxylic acids is 2. The molecule has 0 fully saturated rings. The van der Waals surface area contributed by atoms with Crippen LogP contribution in [0.15, 0.2) is 36.5 Å². The van der Waals surface area contributed by atoms with E-state index in [0.717, 1.165) is 0 Å². The Hall–Kier alpha value is -2.63. The zero-order chi connectivity index (χ0) is 14.5. The largest absolute Gasteiger partial charge is 0.465 e. The van der Waals surface area contributed by atoms with Crippen molar-refractivity contribution in [2.45, 2.75) is 13.5 Å². The lowest BCUT2D eigenvalue weighted by atomic mass is 10.1. The van der Waals surface area contributed by atoms with Crippen molar-refractivity contribution in [3.05, 3.63) is 47.8 Å². The zero-order valence-corrected chi connectivity index (χ0v) is 11.3. The summed E-state index contributed by atoms with van der Waals surface area (Å²) < 4.78 is 6.33. The minimum absolute atomic E-state index is 0.298. The topological polar surface area (TPSA) is 73.2 Å². The average Bonchev–Trinajstić information content (AvgIpc) is 2.96. The molecule has 0 atom stereocenters. The highest BCUT2D eigenvalue weighted by atomic mass is 16.5. The van der Waals surface area contributed by atoms with Gasteiger partial charge < -0.3 is 10.1 Å². The van der Waals surface area contributed by atoms with Crippen molar-refractivity contribution in [2.24, 2.45) is 0 Å². The van der Waals surface area contributed by atoms with Crippen LogP contribution in [0.3, 0.4) is 0 Å². The molecule has 1 heterocycles. The number of hydrogen-bond acceptors (Lipinski definition) is 4. The first-order chi connectivity index (χ1) is 9.65. The van der Waals surface area contributed by atoms with E-state index in [1.54, 1.807) is 41.2 Å². The molecule has 0 radical (unpaired) electrons. The van der Waals surface area contributed by atoms with Gasteiger partial charge in [0.2, 0.25) is 0 Å². The van der Waals surface area contributed by atoms with Crippen LogP contribution in [-0.4, -0.2) is 28.8 Å². The van der Waals surface area contributed by atoms with Gasteiger partial charge in [0.15, 0.2) is 5.69 Å². The highest BCUT2D eigenvalue weighted by Crippen LogP contribution is 2.16. The average molecular weight is 273 g/mol. The number of para-hydroxylation sites is 1. The standard InChI is InChI=1S/C14H15N3O3/c1-3-17-9-8-12(16-17)13(18)15-11-7-5-4-6-10(11)14(19)20-2/h4-9H,3H2,1-2H3,(H,15,18). The number of benzene rings is 1. The minimum Gasteiger partial charge on any atom is -0.465 e. The predicted molar refractivity (Wildman–Crippen MR) is 73.6 cm³/mol. The molecule has 6 nitrogen and oxygen atoms in total. The summed E-state index contributed by atoms with van der Waals surface area (Å²) in [4.78, 5) is 23.7. The highest BCUT2D eigenvalue weighted by molar-refractivity contribution is 6.06. The highest BCUT2D eigenvalue weighted by Gasteiger charge is 2.15. The van der Waals surface area contributed by atoms with Crippen molar-refractivity contribution in [1.29, 1.82) is 0 Å². The molecule has 0 saturated carbocycles. The zero-order valence-electron chi connectivity index (χ0n) is 11.3. The van der Waals surface area contributed by atoms with Gasteiger partial charge >= 0.3 is 5.97 Å². The third kappa shape index (κ3) is 2.85. The van der Waals surface area contributed by atoms with E-state index in [4.69, 9.17) is 0 Å². The summed E-state index contributed by atoms with van der Waals surface area (Å²) in [6.07, 6.45) is 1.72. The van der Waals surface area contributed by atoms with Crippen LogP contribution in [-0.2, 0) is 11.3 Å². The Morgan fingerprint density at radius 2 is 2.05 bits per heavy atom. The minimum atomic E-state index is -0.500. The lowest BCUT2D eigenvalue weighted by Gasteiger charge is -2.08. The van der Waals surface area contributed by atoms with Gasteiger partial charge in [-0.2, -0.15) is 5.10 Å². The molecule has 0 unspecified atom stereocenters. The Morgan fingerprint density at radius 1 is 1.30 bits per heavy atom. The normalized spacial score (nSPS) is 10.1. The molecule has 0 saturated heterocycles. The van der Waals surface area contributed by atoms with Crippen molar-refractivity contribution < 1.29 is 14.3 Å². The Kier molecular flexibility index (Phi) is 4.14. The van der Waals surface area contributed by atoms with Crippen molar-refractivity contribution in [1.82, 2.24) is 9.78 Å². The van der Waals surface area contributed by atoms with E-state index in [-0.39, 0.29) is 5.91 Å². The molecule has 2 aromatic rings. The molecule has 2 rings (SSSR count). The van der Waals surface area contributed by atoms with Gasteiger partial charge in [0, 0.05) is 12.7 Å². The summed E-state index contributed by atoms with van der Waals surface area (Å²) >= 11 is 0. The van der Waals surface area contributed by atoms with E-state index in [1.165, 1.54) is 7.11 Å². The maximum Gasteiger partial charge on any atom is 0.339 e. The fourth-order valence-corrected chi connectivity index (χ4v) is 1.73. The lowest BCUT2D eigenvalue weighted by molar-refractivity contribution is 0.0602. The Labute approximate surface area is 116 Å². The molecule has 0 spiro atoms. The fourth-order valence-electron chi connectivity index (χ4n) is 1.73. The number of rotatable bonds is 4. The van der Waals surface area contributed by atoms with Gasteiger partial charge in [-0.25, -0.2) is 4.79 Å². The summed E-state index contributed by atoms with van der Waals surface area (Å²) in [5.74, 6) is -0.867. The summed E-state index contributed by atoms with van der Waals surface area (Å²) in [7, 11) is 1.30. The molecule has 1 aromatic heterocycles. The van der Waals surface area contributed by atoms with Crippen LogP contribution in [0.25, 0.3) is 0 Å². The van der Waals surface area contributed by atoms with Crippen LogP contribution in [0, 0.1) is 0 Å². The quantitative estimate of drug-likeness (QED) is 0.864. The first-order valence-electron chi connectivity index (χ1n) is 6.18. The SMILES string of the molecule is CCn1ccc(C(=O)Nc2ccccc2C(=O)OC)n1. The van der Waals surface area contributed by atoms with Gasteiger partial charge in [0.1, 0.15) is 0 Å². The van der Waals surface area contributed by atoms with Gasteiger partial charge in [-0.3, -0.25) is 9.48 Å². The molecule has 0 aliphatic carbocycles. The third-order valence-corrected chi connectivity index (χ3v) is 2.78. The van der Waals surface area contributed by atoms with Crippen LogP contribution in [0.1, 0.15) is 27.8 Å². The van der Waals surface area contributed by atoms with Crippen LogP contribution in [0.5, 0.6) is 0 Å². The molecule has 0 bridgehead atoms. The Morgan fingerprint density at radius 3 is 2.70 bits per heavy atom. The van der Waals surface area contributed by atoms with Gasteiger partial charge in [0.05, 0.1) is 18.4 Å². The Balaban J connectivity index is 2.21. The molecule has 6 heteroatoms. The molecule has 0 aliphatic rings. The summed E-state index contributed by atoms with van der Waals surface area (Å²) in [5, 5.41) is 6.77. The lowest BCUT2D eigenvalue weighted by Crippen LogP contribution is -2.16. The van der Waals surface area contributed by atoms with E-state index in [9.17, 15) is 9.59 Å². The van der Waals surface area contributed by atoms with Gasteiger partial charge in [-0.05, 0) is 25.1 Å². The number of anilines is 1. The number of aromatic nitrogens is 2. The second-order valence-electron chi connectivity index (χ2n) is 4.05. The Bertz CT molecular complexity index is 634. The van der Waals surface area contributed by atoms with Gasteiger partial charge in [-0.1, -0.05) is 12.1 Å². The van der Waals surface area contributed by atoms with E-state index < -0.39 is 5.97 Å². The number of hydrogen-bond donors (Lipinski definition) is 1. The number of carbonyl (C=O) groups is 2. The van der Waals surface area contributed by atoms with Gasteiger partial charge in [-0.15, -0.1) is 0 Å². The van der Waals surface area contributed by atoms with E-state index in [1.807, 2.05) is 6.92 Å². The number of methoxy groups -OCH3 is 1. The number of ether oxygens (including phenoxy) is 1. The molecule has 1 N–H and O–H groups in total. The summed E-state index contributed by atoms with van der Waals surface area (Å²) in [6.45, 7) is 2.62. The second-order valence-corrected chi connectivity index (χ2v) is 4.05. The predicted octanol–water partition coefficient (Wildman–Crippen LogP) is 1.94. The van der Waals surface area contributed by atoms with E-state index in [0.29, 0.717) is 23.5 Å². The second kappa shape index (κ2) is 6.01. The molecule has 1 aromatic carbocycles. The maximum absolute atomic E-state index is 12.1. The van der Waals surface area contributed by atoms with Crippen molar-refractivity contribution in [2.75, 3.05) is 12.4 Å². The van der Waals surface area contributed by atoms with Crippen molar-refractivity contribution in [3.8, 4) is 0 Å². The van der Waals surface area contributed by atoms with Crippen LogP contribution in [0.4, 0.5) is 5.69 Å². The summed E-state index contributed by atoms with van der Waals surface area (Å²) in [5.41, 5.74) is 1.00. The molecule has 104 valence electrons. The number of aryl methyl sites for hydroxylation is 1. The van der Waals surface area contributed by atoms with Crippen LogP contribution < -0.4 is 5.32 Å². The number of nitrogens with zero attached hydrogens (tertiary/aromatic N) is 2. The van der Waals surface area contributed by atoms with E-state index >= 15 is 0 Å². The third-order valence-electron chi connectivity index (χ3n) is 2.78.